The van der Waals surface area contributed by atoms with Crippen LogP contribution in [0.25, 0.3) is 0 Å². The Kier molecular flexibility index (Phi) is 56.5. The van der Waals surface area contributed by atoms with E-state index in [0.717, 1.165) is 135 Å². The fourth-order valence-electron chi connectivity index (χ4n) is 8.08. The molecule has 2 atom stereocenters. The molecule has 0 saturated heterocycles. The number of rotatable bonds is 56. The number of likely N-dealkylation sites (N-methyl/N-ethyl adjacent to an activating group) is 1. The topological polar surface area (TPSA) is 108 Å². The standard InChI is InChI=1S/C70H116NO8P/c1-6-8-10-12-14-16-18-20-22-24-26-28-30-32-33-34-35-36-37-39-41-43-45-47-49-51-53-55-57-59-61-63-70(73)79-68(67-78-80(74,75)77-65-64-71(3,4)5)66-76-69(72)62-60-58-56-54-52-50-48-46-44-42-40-38-31-29-27-25-23-21-19-17-15-13-11-9-7-2/h8-11,14-17,20-23,26-29,32-33,35-36,39,41,45,47,68H,6-7,12-13,18-19,24-25,30-31,34,37-38,40,42-44,46,48-67H2,1-5H3/p+1/b10-8-,11-9-,16-14-,17-15-,22-20-,23-21-,28-26-,29-27-,33-32-,36-35-,41-39-,47-45-. The van der Waals surface area contributed by atoms with Gasteiger partial charge in [-0.2, -0.15) is 0 Å². The van der Waals surface area contributed by atoms with E-state index in [1.54, 1.807) is 0 Å². The van der Waals surface area contributed by atoms with Crippen LogP contribution in [0.1, 0.15) is 232 Å². The fraction of sp³-hybridized carbons (Fsp3) is 0.629. The Morgan fingerprint density at radius 3 is 1.00 bits per heavy atom. The molecule has 0 aromatic heterocycles. The van der Waals surface area contributed by atoms with Crippen LogP contribution in [0, 0.1) is 0 Å². The molecular formula is C70H117NO8P+. The number of ether oxygens (including phenoxy) is 2. The number of quaternary nitrogens is 1. The second-order valence-corrected chi connectivity index (χ2v) is 23.1. The third-order valence-corrected chi connectivity index (χ3v) is 13.8. The van der Waals surface area contributed by atoms with Crippen LogP contribution in [0.4, 0.5) is 0 Å². The minimum absolute atomic E-state index is 0.0203. The highest BCUT2D eigenvalue weighted by atomic mass is 31.2. The monoisotopic (exact) mass is 1130 g/mol. The predicted octanol–water partition coefficient (Wildman–Crippen LogP) is 20.3. The first kappa shape index (κ1) is 75.9. The molecule has 0 aliphatic heterocycles. The van der Waals surface area contributed by atoms with Gasteiger partial charge in [-0.1, -0.05) is 250 Å². The molecule has 0 spiro atoms. The number of esters is 2. The molecule has 0 bridgehead atoms. The molecule has 0 rings (SSSR count). The Morgan fingerprint density at radius 2 is 0.675 bits per heavy atom. The zero-order valence-electron chi connectivity index (χ0n) is 51.5. The van der Waals surface area contributed by atoms with Crippen molar-refractivity contribution in [2.45, 2.75) is 238 Å². The molecule has 9 nitrogen and oxygen atoms in total. The third kappa shape index (κ3) is 63.1. The van der Waals surface area contributed by atoms with E-state index in [0.29, 0.717) is 17.4 Å². The molecule has 2 unspecified atom stereocenters. The van der Waals surface area contributed by atoms with Gasteiger partial charge in [0.2, 0.25) is 0 Å². The second kappa shape index (κ2) is 59.5. The van der Waals surface area contributed by atoms with Crippen LogP contribution in [0.15, 0.2) is 146 Å². The van der Waals surface area contributed by atoms with Crippen molar-refractivity contribution in [3.8, 4) is 0 Å². The molecule has 0 aromatic rings. The SMILES string of the molecule is CC/C=C\C/C=C\C/C=C\C/C=C\C/C=C\C/C=C\C/C=C\C/C=C\CCCCCCCCC(=O)OC(COC(=O)CCCCCCCCCCCCCC/C=C\C/C=C\C/C=C\C/C=C\CC)COP(=O)(O)OCC[N+](C)(C)C. The number of allylic oxidation sites excluding steroid dienone is 24. The number of nitrogens with zero attached hydrogens (tertiary/aromatic N) is 1. The normalized spacial score (nSPS) is 14.2. The van der Waals surface area contributed by atoms with Crippen LogP contribution in [-0.4, -0.2) is 74.9 Å². The van der Waals surface area contributed by atoms with Gasteiger partial charge in [0.15, 0.2) is 6.10 Å². The molecule has 0 aliphatic rings. The number of carbonyl (C=O) groups is 2. The first-order valence-electron chi connectivity index (χ1n) is 31.6. The van der Waals surface area contributed by atoms with Gasteiger partial charge in [-0.05, 0) is 116 Å². The van der Waals surface area contributed by atoms with Gasteiger partial charge in [0, 0.05) is 12.8 Å². The van der Waals surface area contributed by atoms with Crippen LogP contribution < -0.4 is 0 Å². The van der Waals surface area contributed by atoms with Gasteiger partial charge in [-0.25, -0.2) is 4.57 Å². The quantitative estimate of drug-likeness (QED) is 0.0211. The molecule has 0 saturated carbocycles. The van der Waals surface area contributed by atoms with Crippen LogP contribution in [0.3, 0.4) is 0 Å². The van der Waals surface area contributed by atoms with E-state index >= 15 is 0 Å². The van der Waals surface area contributed by atoms with Gasteiger partial charge in [-0.3, -0.25) is 18.6 Å². The van der Waals surface area contributed by atoms with Crippen LogP contribution in [-0.2, 0) is 32.7 Å². The smallest absolute Gasteiger partial charge is 0.462 e. The van der Waals surface area contributed by atoms with Gasteiger partial charge in [0.25, 0.3) is 0 Å². The lowest BCUT2D eigenvalue weighted by Gasteiger charge is -2.24. The van der Waals surface area contributed by atoms with Crippen molar-refractivity contribution in [3.63, 3.8) is 0 Å². The second-order valence-electron chi connectivity index (χ2n) is 21.7. The zero-order chi connectivity index (χ0) is 58.4. The van der Waals surface area contributed by atoms with E-state index in [1.165, 1.54) is 64.2 Å². The maximum absolute atomic E-state index is 12.8. The number of hydrogen-bond acceptors (Lipinski definition) is 7. The van der Waals surface area contributed by atoms with E-state index in [-0.39, 0.29) is 32.0 Å². The van der Waals surface area contributed by atoms with Crippen LogP contribution >= 0.6 is 7.82 Å². The molecule has 0 fully saturated rings. The average Bonchev–Trinajstić information content (AvgIpc) is 3.42. The molecule has 0 radical (unpaired) electrons. The summed E-state index contributed by atoms with van der Waals surface area (Å²) in [6.45, 7) is 4.18. The van der Waals surface area contributed by atoms with Crippen molar-refractivity contribution >= 4 is 19.8 Å². The summed E-state index contributed by atoms with van der Waals surface area (Å²) in [6, 6.07) is 0. The predicted molar refractivity (Wildman–Crippen MR) is 343 cm³/mol. The summed E-state index contributed by atoms with van der Waals surface area (Å²) in [5, 5.41) is 0. The first-order valence-corrected chi connectivity index (χ1v) is 33.1. The van der Waals surface area contributed by atoms with Crippen molar-refractivity contribution in [2.75, 3.05) is 47.5 Å². The highest BCUT2D eigenvalue weighted by Gasteiger charge is 2.27. The summed E-state index contributed by atoms with van der Waals surface area (Å²) in [7, 11) is 1.45. The molecule has 0 amide bonds. The molecule has 1 N–H and O–H groups in total. The van der Waals surface area contributed by atoms with E-state index in [1.807, 2.05) is 21.1 Å². The van der Waals surface area contributed by atoms with Gasteiger partial charge in [0.1, 0.15) is 19.8 Å². The highest BCUT2D eigenvalue weighted by molar-refractivity contribution is 7.47. The number of carbonyl (C=O) groups excluding carboxylic acids is 2. The minimum Gasteiger partial charge on any atom is -0.462 e. The van der Waals surface area contributed by atoms with Crippen molar-refractivity contribution in [1.29, 1.82) is 0 Å². The zero-order valence-corrected chi connectivity index (χ0v) is 52.4. The summed E-state index contributed by atoms with van der Waals surface area (Å²) in [5.74, 6) is -0.825. The van der Waals surface area contributed by atoms with Gasteiger partial charge >= 0.3 is 19.8 Å². The molecule has 80 heavy (non-hydrogen) atoms. The summed E-state index contributed by atoms with van der Waals surface area (Å²) in [5.41, 5.74) is 0. The van der Waals surface area contributed by atoms with Crippen LogP contribution in [0.5, 0.6) is 0 Å². The average molecular weight is 1130 g/mol. The molecular weight excluding hydrogens is 1010 g/mol. The van der Waals surface area contributed by atoms with Crippen LogP contribution in [0.2, 0.25) is 0 Å². The Labute approximate surface area is 491 Å². The lowest BCUT2D eigenvalue weighted by molar-refractivity contribution is -0.870. The number of phosphoric ester groups is 1. The molecule has 10 heteroatoms. The molecule has 454 valence electrons. The molecule has 0 aromatic carbocycles. The van der Waals surface area contributed by atoms with Crippen molar-refractivity contribution in [2.24, 2.45) is 0 Å². The Bertz CT molecular complexity index is 1860. The lowest BCUT2D eigenvalue weighted by atomic mass is 10.0. The number of unbranched alkanes of at least 4 members (excludes halogenated alkanes) is 18. The Morgan fingerprint density at radius 1 is 0.388 bits per heavy atom. The summed E-state index contributed by atoms with van der Waals surface area (Å²) in [4.78, 5) is 35.8. The maximum Gasteiger partial charge on any atom is 0.472 e. The van der Waals surface area contributed by atoms with Crippen molar-refractivity contribution in [1.82, 2.24) is 0 Å². The maximum atomic E-state index is 12.8. The molecule has 0 heterocycles. The van der Waals surface area contributed by atoms with E-state index in [2.05, 4.69) is 160 Å². The minimum atomic E-state index is -4.40. The highest BCUT2D eigenvalue weighted by Crippen LogP contribution is 2.43. The number of phosphoric acid groups is 1. The van der Waals surface area contributed by atoms with Gasteiger partial charge in [0.05, 0.1) is 27.7 Å². The molecule has 0 aliphatic carbocycles. The summed E-state index contributed by atoms with van der Waals surface area (Å²) >= 11 is 0. The van der Waals surface area contributed by atoms with Crippen molar-refractivity contribution in [3.05, 3.63) is 146 Å². The summed E-state index contributed by atoms with van der Waals surface area (Å²) < 4.78 is 34.6. The summed E-state index contributed by atoms with van der Waals surface area (Å²) in [6.07, 6.45) is 87.8. The van der Waals surface area contributed by atoms with E-state index in [9.17, 15) is 19.0 Å². The lowest BCUT2D eigenvalue weighted by Crippen LogP contribution is -2.37. The third-order valence-electron chi connectivity index (χ3n) is 12.9. The largest absolute Gasteiger partial charge is 0.472 e. The van der Waals surface area contributed by atoms with E-state index in [4.69, 9.17) is 18.5 Å². The first-order chi connectivity index (χ1) is 39.0. The number of hydrogen-bond donors (Lipinski definition) is 1. The fourth-order valence-corrected chi connectivity index (χ4v) is 8.82. The van der Waals surface area contributed by atoms with E-state index < -0.39 is 26.5 Å². The van der Waals surface area contributed by atoms with Gasteiger partial charge in [-0.15, -0.1) is 0 Å². The Hall–Kier alpha value is -4.11. The Balaban J connectivity index is 4.21. The van der Waals surface area contributed by atoms with Gasteiger partial charge < -0.3 is 18.9 Å². The van der Waals surface area contributed by atoms with Crippen molar-refractivity contribution < 1.29 is 42.1 Å².